The van der Waals surface area contributed by atoms with Crippen LogP contribution in [0.3, 0.4) is 0 Å². The molecule has 0 saturated heterocycles. The van der Waals surface area contributed by atoms with Crippen LogP contribution < -0.4 is 9.80 Å². The number of hydrogen-bond donors (Lipinski definition) is 0. The first kappa shape index (κ1) is 22.8. The Morgan fingerprint density at radius 3 is 2.31 bits per heavy atom. The molecule has 8 heteroatoms. The number of benzene rings is 3. The number of halogens is 1. The molecule has 176 valence electrons. The van der Waals surface area contributed by atoms with Crippen LogP contribution in [0.2, 0.25) is 5.02 Å². The number of carbonyl (C=O) groups excluding carboxylic acids is 3. The van der Waals surface area contributed by atoms with Gasteiger partial charge in [0.1, 0.15) is 5.84 Å². The van der Waals surface area contributed by atoms with Crippen LogP contribution in [-0.2, 0) is 24.7 Å². The Kier molecular flexibility index (Phi) is 5.65. The minimum atomic E-state index is -1.76. The van der Waals surface area contributed by atoms with Gasteiger partial charge in [0.15, 0.2) is 6.04 Å². The number of hydrogen-bond acceptors (Lipinski definition) is 6. The number of rotatable bonds is 4. The van der Waals surface area contributed by atoms with Crippen molar-refractivity contribution >= 4 is 46.6 Å². The third kappa shape index (κ3) is 3.42. The van der Waals surface area contributed by atoms with Gasteiger partial charge in [-0.1, -0.05) is 60.1 Å². The van der Waals surface area contributed by atoms with Gasteiger partial charge in [0.05, 0.1) is 12.3 Å². The normalized spacial score (nSPS) is 20.7. The molecule has 0 N–H and O–H groups in total. The van der Waals surface area contributed by atoms with Gasteiger partial charge in [0.2, 0.25) is 11.4 Å². The van der Waals surface area contributed by atoms with E-state index in [2.05, 4.69) is 0 Å². The maximum Gasteiger partial charge on any atom is 0.332 e. The van der Waals surface area contributed by atoms with Crippen molar-refractivity contribution in [3.8, 4) is 0 Å². The number of para-hydroxylation sites is 1. The molecular weight excluding hydrogens is 466 g/mol. The third-order valence-corrected chi connectivity index (χ3v) is 6.43. The second kappa shape index (κ2) is 8.67. The summed E-state index contributed by atoms with van der Waals surface area (Å²) in [6.07, 6.45) is 0. The Hall–Kier alpha value is -3.97. The van der Waals surface area contributed by atoms with E-state index in [0.717, 1.165) is 4.90 Å². The van der Waals surface area contributed by atoms with E-state index in [1.165, 1.54) is 6.92 Å². The molecule has 0 bridgehead atoms. The predicted molar refractivity (Wildman–Crippen MR) is 134 cm³/mol. The lowest BCUT2D eigenvalue weighted by Gasteiger charge is -2.33. The summed E-state index contributed by atoms with van der Waals surface area (Å²) in [5.41, 5.74) is 0.337. The summed E-state index contributed by atoms with van der Waals surface area (Å²) in [5.74, 6) is -1.31. The van der Waals surface area contributed by atoms with Crippen molar-refractivity contribution in [2.45, 2.75) is 25.4 Å². The van der Waals surface area contributed by atoms with E-state index in [4.69, 9.17) is 21.3 Å². The highest BCUT2D eigenvalue weighted by Gasteiger charge is 2.66. The van der Waals surface area contributed by atoms with E-state index in [9.17, 15) is 14.4 Å². The number of esters is 1. The van der Waals surface area contributed by atoms with Gasteiger partial charge in [0, 0.05) is 28.8 Å². The SMILES string of the molecule is CCOC(=O)C1N(c2ccccc2)C(c2ccccc2)=NC12C(=O)N(C(C)=O)c1ccc(Cl)cc12. The Morgan fingerprint density at radius 2 is 1.69 bits per heavy atom. The fourth-order valence-electron chi connectivity index (χ4n) is 4.83. The van der Waals surface area contributed by atoms with Crippen LogP contribution in [-0.4, -0.2) is 36.3 Å². The minimum absolute atomic E-state index is 0.113. The van der Waals surface area contributed by atoms with Crippen molar-refractivity contribution in [2.75, 3.05) is 16.4 Å². The molecule has 2 unspecified atom stereocenters. The van der Waals surface area contributed by atoms with Gasteiger partial charge in [-0.3, -0.25) is 9.59 Å². The van der Waals surface area contributed by atoms with Crippen molar-refractivity contribution in [3.05, 3.63) is 95.0 Å². The number of imide groups is 1. The molecule has 7 nitrogen and oxygen atoms in total. The number of anilines is 2. The van der Waals surface area contributed by atoms with E-state index in [0.29, 0.717) is 33.4 Å². The maximum atomic E-state index is 14.1. The van der Waals surface area contributed by atoms with Gasteiger partial charge in [0.25, 0.3) is 5.91 Å². The number of carbonyl (C=O) groups is 3. The number of nitrogens with zero attached hydrogens (tertiary/aromatic N) is 3. The van der Waals surface area contributed by atoms with Crippen LogP contribution in [0.15, 0.2) is 83.9 Å². The second-order valence-corrected chi connectivity index (χ2v) is 8.69. The number of fused-ring (bicyclic) bond motifs is 2. The summed E-state index contributed by atoms with van der Waals surface area (Å²) in [5, 5.41) is 0.360. The van der Waals surface area contributed by atoms with Crippen LogP contribution in [0, 0.1) is 0 Å². The standard InChI is InChI=1S/C27H22ClN3O4/c1-3-35-25(33)23-27(21-16-19(28)14-15-22(21)30(17(2)32)26(27)34)29-24(18-10-6-4-7-11-18)31(23)20-12-8-5-9-13-20/h4-16,23H,3H2,1-2H3. The molecule has 3 aromatic rings. The number of amidine groups is 1. The molecule has 0 aromatic heterocycles. The lowest BCUT2D eigenvalue weighted by Crippen LogP contribution is -2.56. The lowest BCUT2D eigenvalue weighted by molar-refractivity contribution is -0.148. The monoisotopic (exact) mass is 487 g/mol. The first-order chi connectivity index (χ1) is 16.9. The molecule has 2 heterocycles. The second-order valence-electron chi connectivity index (χ2n) is 8.25. The zero-order valence-electron chi connectivity index (χ0n) is 19.1. The number of amides is 2. The smallest absolute Gasteiger partial charge is 0.332 e. The van der Waals surface area contributed by atoms with Gasteiger partial charge >= 0.3 is 5.97 Å². The largest absolute Gasteiger partial charge is 0.464 e. The van der Waals surface area contributed by atoms with E-state index in [1.807, 2.05) is 60.7 Å². The molecule has 1 spiro atoms. The van der Waals surface area contributed by atoms with Crippen LogP contribution in [0.25, 0.3) is 0 Å². The van der Waals surface area contributed by atoms with Crippen LogP contribution in [0.4, 0.5) is 11.4 Å². The Bertz CT molecular complexity index is 1360. The molecule has 2 atom stereocenters. The average Bonchev–Trinajstić information content (AvgIpc) is 3.34. The molecule has 5 rings (SSSR count). The summed E-state index contributed by atoms with van der Waals surface area (Å²) in [6.45, 7) is 3.12. The van der Waals surface area contributed by atoms with Gasteiger partial charge < -0.3 is 9.64 Å². The summed E-state index contributed by atoms with van der Waals surface area (Å²) in [4.78, 5) is 48.2. The van der Waals surface area contributed by atoms with E-state index >= 15 is 0 Å². The molecule has 35 heavy (non-hydrogen) atoms. The van der Waals surface area contributed by atoms with Crippen LogP contribution in [0.1, 0.15) is 25.0 Å². The molecule has 2 aliphatic rings. The summed E-state index contributed by atoms with van der Waals surface area (Å²) in [6, 6.07) is 22.1. The maximum absolute atomic E-state index is 14.1. The zero-order chi connectivity index (χ0) is 24.7. The number of aliphatic imine (C=N–C) groups is 1. The summed E-state index contributed by atoms with van der Waals surface area (Å²) < 4.78 is 5.50. The molecule has 0 radical (unpaired) electrons. The van der Waals surface area contributed by atoms with Crippen LogP contribution in [0.5, 0.6) is 0 Å². The molecule has 0 aliphatic carbocycles. The van der Waals surface area contributed by atoms with Crippen molar-refractivity contribution in [1.29, 1.82) is 0 Å². The fraction of sp³-hybridized carbons (Fsp3) is 0.185. The van der Waals surface area contributed by atoms with E-state index in [-0.39, 0.29) is 6.61 Å². The topological polar surface area (TPSA) is 79.3 Å². The first-order valence-corrected chi connectivity index (χ1v) is 11.6. The average molecular weight is 488 g/mol. The molecule has 2 amide bonds. The highest BCUT2D eigenvalue weighted by atomic mass is 35.5. The lowest BCUT2D eigenvalue weighted by atomic mass is 9.84. The fourth-order valence-corrected chi connectivity index (χ4v) is 5.00. The molecule has 3 aromatic carbocycles. The molecular formula is C27H22ClN3O4. The Balaban J connectivity index is 1.86. The third-order valence-electron chi connectivity index (χ3n) is 6.19. The van der Waals surface area contributed by atoms with Crippen molar-refractivity contribution in [1.82, 2.24) is 0 Å². The molecule has 2 aliphatic heterocycles. The minimum Gasteiger partial charge on any atom is -0.464 e. The first-order valence-electron chi connectivity index (χ1n) is 11.2. The summed E-state index contributed by atoms with van der Waals surface area (Å²) >= 11 is 6.36. The Labute approximate surface area is 207 Å². The van der Waals surface area contributed by atoms with Gasteiger partial charge in [-0.15, -0.1) is 0 Å². The van der Waals surface area contributed by atoms with Crippen molar-refractivity contribution < 1.29 is 19.1 Å². The molecule has 0 saturated carbocycles. The predicted octanol–water partition coefficient (Wildman–Crippen LogP) is 4.33. The van der Waals surface area contributed by atoms with Gasteiger partial charge in [-0.05, 0) is 37.3 Å². The highest BCUT2D eigenvalue weighted by Crippen LogP contribution is 2.52. The Morgan fingerprint density at radius 1 is 1.03 bits per heavy atom. The van der Waals surface area contributed by atoms with E-state index in [1.54, 1.807) is 30.0 Å². The quantitative estimate of drug-likeness (QED) is 0.512. The highest BCUT2D eigenvalue weighted by molar-refractivity contribution is 6.32. The van der Waals surface area contributed by atoms with Gasteiger partial charge in [-0.25, -0.2) is 14.7 Å². The molecule has 0 fully saturated rings. The zero-order valence-corrected chi connectivity index (χ0v) is 19.9. The van der Waals surface area contributed by atoms with Gasteiger partial charge in [-0.2, -0.15) is 0 Å². The van der Waals surface area contributed by atoms with Crippen molar-refractivity contribution in [3.63, 3.8) is 0 Å². The van der Waals surface area contributed by atoms with E-state index < -0.39 is 29.4 Å². The van der Waals surface area contributed by atoms with Crippen molar-refractivity contribution in [2.24, 2.45) is 4.99 Å². The summed E-state index contributed by atoms with van der Waals surface area (Å²) in [7, 11) is 0. The number of ether oxygens (including phenoxy) is 1. The van der Waals surface area contributed by atoms with Crippen LogP contribution >= 0.6 is 11.6 Å².